The Bertz CT molecular complexity index is 574. The number of hydrogen-bond acceptors (Lipinski definition) is 5. The largest absolute Gasteiger partial charge is 0.466 e. The highest BCUT2D eigenvalue weighted by molar-refractivity contribution is 7.92. The molecule has 0 aliphatic heterocycles. The van der Waals surface area contributed by atoms with Crippen LogP contribution in [-0.2, 0) is 24.2 Å². The van der Waals surface area contributed by atoms with Gasteiger partial charge in [0, 0.05) is 0 Å². The van der Waals surface area contributed by atoms with Gasteiger partial charge in [-0.05, 0) is 25.5 Å². The Morgan fingerprint density at radius 3 is 2.42 bits per heavy atom. The normalized spacial score (nSPS) is 11.1. The third-order valence-corrected chi connectivity index (χ3v) is 4.26. The SMILES string of the molecule is CCOC(=O)CC(=O)CS(=O)(=O)c1ccccc1C. The van der Waals surface area contributed by atoms with Crippen LogP contribution in [0.1, 0.15) is 18.9 Å². The average Bonchev–Trinajstić information content (AvgIpc) is 2.28. The van der Waals surface area contributed by atoms with E-state index in [4.69, 9.17) is 0 Å². The van der Waals surface area contributed by atoms with Gasteiger partial charge in [0.25, 0.3) is 0 Å². The maximum absolute atomic E-state index is 12.0. The molecule has 104 valence electrons. The molecule has 0 aromatic heterocycles. The molecule has 0 bridgehead atoms. The predicted molar refractivity (Wildman–Crippen MR) is 69.5 cm³/mol. The zero-order valence-corrected chi connectivity index (χ0v) is 11.7. The standard InChI is InChI=1S/C13H16O5S/c1-3-18-13(15)8-11(14)9-19(16,17)12-7-5-4-6-10(12)2/h4-7H,3,8-9H2,1-2H3. The Hall–Kier alpha value is -1.69. The summed E-state index contributed by atoms with van der Waals surface area (Å²) in [6.45, 7) is 3.44. The number of hydrogen-bond donors (Lipinski definition) is 0. The molecule has 0 saturated carbocycles. The number of Topliss-reactive ketones (excluding diaryl/α,β-unsaturated/α-hetero) is 1. The zero-order valence-electron chi connectivity index (χ0n) is 10.9. The van der Waals surface area contributed by atoms with Crippen LogP contribution in [0.25, 0.3) is 0 Å². The first-order chi connectivity index (χ1) is 8.86. The minimum atomic E-state index is -3.71. The van der Waals surface area contributed by atoms with Gasteiger partial charge < -0.3 is 4.74 Å². The van der Waals surface area contributed by atoms with Crippen molar-refractivity contribution in [2.45, 2.75) is 25.2 Å². The molecule has 0 amide bonds. The van der Waals surface area contributed by atoms with Crippen LogP contribution in [0.3, 0.4) is 0 Å². The van der Waals surface area contributed by atoms with Crippen LogP contribution in [0.4, 0.5) is 0 Å². The fourth-order valence-electron chi connectivity index (χ4n) is 1.62. The van der Waals surface area contributed by atoms with Gasteiger partial charge in [0.05, 0.1) is 11.5 Å². The average molecular weight is 284 g/mol. The fourth-order valence-corrected chi connectivity index (χ4v) is 3.15. The lowest BCUT2D eigenvalue weighted by Gasteiger charge is -2.06. The Morgan fingerprint density at radius 2 is 1.84 bits per heavy atom. The molecular formula is C13H16O5S. The smallest absolute Gasteiger partial charge is 0.313 e. The molecular weight excluding hydrogens is 268 g/mol. The minimum absolute atomic E-state index is 0.118. The number of sulfone groups is 1. The van der Waals surface area contributed by atoms with Crippen molar-refractivity contribution in [1.82, 2.24) is 0 Å². The summed E-state index contributed by atoms with van der Waals surface area (Å²) in [6, 6.07) is 6.41. The minimum Gasteiger partial charge on any atom is -0.466 e. The second kappa shape index (κ2) is 6.47. The predicted octanol–water partition coefficient (Wildman–Crippen LogP) is 1.29. The van der Waals surface area contributed by atoms with Crippen molar-refractivity contribution >= 4 is 21.6 Å². The van der Waals surface area contributed by atoms with E-state index in [1.165, 1.54) is 6.07 Å². The molecule has 1 rings (SSSR count). The van der Waals surface area contributed by atoms with Gasteiger partial charge in [-0.25, -0.2) is 8.42 Å². The molecule has 0 spiro atoms. The van der Waals surface area contributed by atoms with E-state index in [0.29, 0.717) is 5.56 Å². The Kier molecular flexibility index (Phi) is 5.23. The van der Waals surface area contributed by atoms with Crippen molar-refractivity contribution in [3.8, 4) is 0 Å². The maximum Gasteiger partial charge on any atom is 0.313 e. The number of carbonyl (C=O) groups excluding carboxylic acids is 2. The molecule has 0 atom stereocenters. The topological polar surface area (TPSA) is 77.5 Å². The highest BCUT2D eigenvalue weighted by Gasteiger charge is 2.22. The Morgan fingerprint density at radius 1 is 1.21 bits per heavy atom. The Balaban J connectivity index is 2.79. The third kappa shape index (κ3) is 4.48. The molecule has 0 fully saturated rings. The van der Waals surface area contributed by atoms with Gasteiger partial charge in [-0.1, -0.05) is 18.2 Å². The molecule has 19 heavy (non-hydrogen) atoms. The van der Waals surface area contributed by atoms with Gasteiger partial charge in [0.2, 0.25) is 0 Å². The van der Waals surface area contributed by atoms with Crippen LogP contribution in [0, 0.1) is 6.92 Å². The van der Waals surface area contributed by atoms with Crippen molar-refractivity contribution in [2.75, 3.05) is 12.4 Å². The molecule has 0 radical (unpaired) electrons. The summed E-state index contributed by atoms with van der Waals surface area (Å²) in [4.78, 5) is 22.8. The van der Waals surface area contributed by atoms with Gasteiger partial charge in [-0.3, -0.25) is 9.59 Å². The summed E-state index contributed by atoms with van der Waals surface area (Å²) in [5.41, 5.74) is 0.575. The highest BCUT2D eigenvalue weighted by atomic mass is 32.2. The van der Waals surface area contributed by atoms with E-state index in [2.05, 4.69) is 4.74 Å². The molecule has 0 aliphatic carbocycles. The summed E-state index contributed by atoms with van der Waals surface area (Å²) in [5, 5.41) is 0. The molecule has 1 aromatic rings. The van der Waals surface area contributed by atoms with Crippen LogP contribution in [-0.4, -0.2) is 32.5 Å². The van der Waals surface area contributed by atoms with Crippen molar-refractivity contribution < 1.29 is 22.7 Å². The zero-order chi connectivity index (χ0) is 14.5. The molecule has 0 unspecified atom stereocenters. The van der Waals surface area contributed by atoms with Crippen LogP contribution in [0.2, 0.25) is 0 Å². The number of benzene rings is 1. The number of aryl methyl sites for hydroxylation is 1. The van der Waals surface area contributed by atoms with Gasteiger partial charge in [0.1, 0.15) is 12.2 Å². The first-order valence-electron chi connectivity index (χ1n) is 5.82. The Labute approximate surface area is 112 Å². The molecule has 0 N–H and O–H groups in total. The molecule has 0 heterocycles. The van der Waals surface area contributed by atoms with Crippen molar-refractivity contribution in [1.29, 1.82) is 0 Å². The lowest BCUT2D eigenvalue weighted by atomic mass is 10.2. The lowest BCUT2D eigenvalue weighted by molar-refractivity contribution is -0.145. The van der Waals surface area contributed by atoms with Crippen LogP contribution >= 0.6 is 0 Å². The number of esters is 1. The summed E-state index contributed by atoms with van der Waals surface area (Å²) < 4.78 is 28.7. The fraction of sp³-hybridized carbons (Fsp3) is 0.385. The number of carbonyl (C=O) groups is 2. The summed E-state index contributed by atoms with van der Waals surface area (Å²) in [7, 11) is -3.71. The van der Waals surface area contributed by atoms with E-state index in [1.54, 1.807) is 32.0 Å². The summed E-state index contributed by atoms with van der Waals surface area (Å²) >= 11 is 0. The van der Waals surface area contributed by atoms with E-state index < -0.39 is 33.8 Å². The van der Waals surface area contributed by atoms with Crippen molar-refractivity contribution in [3.05, 3.63) is 29.8 Å². The van der Waals surface area contributed by atoms with E-state index in [1.807, 2.05) is 0 Å². The third-order valence-electron chi connectivity index (χ3n) is 2.43. The van der Waals surface area contributed by atoms with Crippen molar-refractivity contribution in [3.63, 3.8) is 0 Å². The van der Waals surface area contributed by atoms with Crippen molar-refractivity contribution in [2.24, 2.45) is 0 Å². The molecule has 1 aromatic carbocycles. The number of rotatable bonds is 6. The van der Waals surface area contributed by atoms with E-state index in [9.17, 15) is 18.0 Å². The second-order valence-corrected chi connectivity index (χ2v) is 6.00. The molecule has 5 nitrogen and oxygen atoms in total. The first-order valence-corrected chi connectivity index (χ1v) is 7.47. The van der Waals surface area contributed by atoms with E-state index >= 15 is 0 Å². The first kappa shape index (κ1) is 15.4. The second-order valence-electron chi connectivity index (χ2n) is 4.05. The van der Waals surface area contributed by atoms with Gasteiger partial charge in [-0.15, -0.1) is 0 Å². The number of ether oxygens (including phenoxy) is 1. The molecule has 0 aliphatic rings. The molecule has 6 heteroatoms. The lowest BCUT2D eigenvalue weighted by Crippen LogP contribution is -2.20. The quantitative estimate of drug-likeness (QED) is 0.581. The van der Waals surface area contributed by atoms with E-state index in [0.717, 1.165) is 0 Å². The van der Waals surface area contributed by atoms with Crippen LogP contribution in [0.15, 0.2) is 29.2 Å². The highest BCUT2D eigenvalue weighted by Crippen LogP contribution is 2.16. The van der Waals surface area contributed by atoms with Crippen LogP contribution < -0.4 is 0 Å². The monoisotopic (exact) mass is 284 g/mol. The van der Waals surface area contributed by atoms with Gasteiger partial charge >= 0.3 is 5.97 Å². The summed E-state index contributed by atoms with van der Waals surface area (Å²) in [6.07, 6.45) is -0.515. The number of ketones is 1. The maximum atomic E-state index is 12.0. The van der Waals surface area contributed by atoms with Gasteiger partial charge in [0.15, 0.2) is 15.6 Å². The summed E-state index contributed by atoms with van der Waals surface area (Å²) in [5.74, 6) is -2.05. The van der Waals surface area contributed by atoms with Crippen LogP contribution in [0.5, 0.6) is 0 Å². The van der Waals surface area contributed by atoms with Gasteiger partial charge in [-0.2, -0.15) is 0 Å². The van der Waals surface area contributed by atoms with E-state index in [-0.39, 0.29) is 11.5 Å². The molecule has 0 saturated heterocycles.